The van der Waals surface area contributed by atoms with E-state index in [1.807, 2.05) is 4.90 Å². The molecule has 0 bridgehead atoms. The first-order valence-corrected chi connectivity index (χ1v) is 7.08. The van der Waals surface area contributed by atoms with Crippen molar-refractivity contribution < 1.29 is 9.18 Å². The highest BCUT2D eigenvalue weighted by Gasteiger charge is 2.20. The SMILES string of the molecule is CCCCN(C(=O)c1ccc(F)c(C)c1)C(C)CC. The standard InChI is InChI=1S/C16H24FNO/c1-5-7-10-18(13(4)6-2)16(19)14-8-9-15(17)12(3)11-14/h8-9,11,13H,5-7,10H2,1-4H3. The molecule has 0 heterocycles. The maximum absolute atomic E-state index is 13.3. The molecule has 2 nitrogen and oxygen atoms in total. The Labute approximate surface area is 115 Å². The van der Waals surface area contributed by atoms with Gasteiger partial charge in [-0.15, -0.1) is 0 Å². The molecule has 0 aromatic heterocycles. The third-order valence-electron chi connectivity index (χ3n) is 3.54. The van der Waals surface area contributed by atoms with Crippen LogP contribution in [-0.2, 0) is 0 Å². The summed E-state index contributed by atoms with van der Waals surface area (Å²) in [6.45, 7) is 8.70. The summed E-state index contributed by atoms with van der Waals surface area (Å²) in [6.07, 6.45) is 2.98. The van der Waals surface area contributed by atoms with Crippen LogP contribution < -0.4 is 0 Å². The van der Waals surface area contributed by atoms with Gasteiger partial charge in [-0.25, -0.2) is 4.39 Å². The van der Waals surface area contributed by atoms with Gasteiger partial charge in [0, 0.05) is 18.2 Å². The minimum Gasteiger partial charge on any atom is -0.336 e. The second-order valence-corrected chi connectivity index (χ2v) is 5.07. The molecule has 0 N–H and O–H groups in total. The predicted octanol–water partition coefficient (Wildman–Crippen LogP) is 4.17. The molecule has 1 rings (SSSR count). The van der Waals surface area contributed by atoms with E-state index in [4.69, 9.17) is 0 Å². The first kappa shape index (κ1) is 15.7. The lowest BCUT2D eigenvalue weighted by Crippen LogP contribution is -2.39. The van der Waals surface area contributed by atoms with Gasteiger partial charge in [0.05, 0.1) is 0 Å². The molecule has 106 valence electrons. The lowest BCUT2D eigenvalue weighted by atomic mass is 10.1. The van der Waals surface area contributed by atoms with Gasteiger partial charge in [0.15, 0.2) is 0 Å². The number of carbonyl (C=O) groups excluding carboxylic acids is 1. The molecule has 0 spiro atoms. The summed E-state index contributed by atoms with van der Waals surface area (Å²) in [5.41, 5.74) is 1.10. The van der Waals surface area contributed by atoms with Gasteiger partial charge in [-0.3, -0.25) is 4.79 Å². The molecule has 1 aromatic rings. The van der Waals surface area contributed by atoms with Crippen LogP contribution in [0.2, 0.25) is 0 Å². The Morgan fingerprint density at radius 1 is 1.37 bits per heavy atom. The molecule has 1 atom stereocenters. The number of hydrogen-bond acceptors (Lipinski definition) is 1. The average molecular weight is 265 g/mol. The Morgan fingerprint density at radius 2 is 2.05 bits per heavy atom. The first-order valence-electron chi connectivity index (χ1n) is 7.08. The van der Waals surface area contributed by atoms with Gasteiger partial charge in [0.25, 0.3) is 5.91 Å². The molecular formula is C16H24FNO. The maximum atomic E-state index is 13.3. The molecule has 0 saturated heterocycles. The number of carbonyl (C=O) groups is 1. The molecule has 1 unspecified atom stereocenters. The molecule has 0 aliphatic carbocycles. The number of nitrogens with zero attached hydrogens (tertiary/aromatic N) is 1. The van der Waals surface area contributed by atoms with E-state index in [2.05, 4.69) is 20.8 Å². The highest BCUT2D eigenvalue weighted by Crippen LogP contribution is 2.15. The number of halogens is 1. The van der Waals surface area contributed by atoms with Crippen molar-refractivity contribution in [1.29, 1.82) is 0 Å². The van der Waals surface area contributed by atoms with Crippen molar-refractivity contribution in [2.45, 2.75) is 53.0 Å². The van der Waals surface area contributed by atoms with Crippen LogP contribution in [0.5, 0.6) is 0 Å². The Hall–Kier alpha value is -1.38. The fourth-order valence-corrected chi connectivity index (χ4v) is 2.01. The Bertz CT molecular complexity index is 431. The second kappa shape index (κ2) is 7.27. The molecule has 0 aliphatic heterocycles. The first-order chi connectivity index (χ1) is 9.01. The van der Waals surface area contributed by atoms with Gasteiger partial charge >= 0.3 is 0 Å². The summed E-state index contributed by atoms with van der Waals surface area (Å²) in [6, 6.07) is 4.80. The van der Waals surface area contributed by atoms with E-state index in [0.717, 1.165) is 25.8 Å². The van der Waals surface area contributed by atoms with Gasteiger partial charge in [-0.1, -0.05) is 20.3 Å². The molecule has 0 aliphatic rings. The van der Waals surface area contributed by atoms with Crippen molar-refractivity contribution in [1.82, 2.24) is 4.90 Å². The minimum absolute atomic E-state index is 0.00546. The highest BCUT2D eigenvalue weighted by molar-refractivity contribution is 5.94. The minimum atomic E-state index is -0.264. The maximum Gasteiger partial charge on any atom is 0.254 e. The fourth-order valence-electron chi connectivity index (χ4n) is 2.01. The van der Waals surface area contributed by atoms with E-state index < -0.39 is 0 Å². The lowest BCUT2D eigenvalue weighted by molar-refractivity contribution is 0.0685. The van der Waals surface area contributed by atoms with Gasteiger partial charge in [-0.2, -0.15) is 0 Å². The van der Waals surface area contributed by atoms with Crippen LogP contribution in [0, 0.1) is 12.7 Å². The summed E-state index contributed by atoms with van der Waals surface area (Å²) in [5.74, 6) is -0.258. The number of benzene rings is 1. The van der Waals surface area contributed by atoms with Crippen LogP contribution in [0.4, 0.5) is 4.39 Å². The number of amides is 1. The molecule has 1 amide bonds. The highest BCUT2D eigenvalue weighted by atomic mass is 19.1. The van der Waals surface area contributed by atoms with E-state index >= 15 is 0 Å². The number of aryl methyl sites for hydroxylation is 1. The Balaban J connectivity index is 2.94. The fraction of sp³-hybridized carbons (Fsp3) is 0.562. The number of rotatable bonds is 6. The van der Waals surface area contributed by atoms with E-state index in [-0.39, 0.29) is 17.8 Å². The van der Waals surface area contributed by atoms with Gasteiger partial charge in [-0.05, 0) is 50.5 Å². The summed E-state index contributed by atoms with van der Waals surface area (Å²) in [7, 11) is 0. The molecule has 19 heavy (non-hydrogen) atoms. The topological polar surface area (TPSA) is 20.3 Å². The third-order valence-corrected chi connectivity index (χ3v) is 3.54. The summed E-state index contributed by atoms with van der Waals surface area (Å²) in [4.78, 5) is 14.4. The van der Waals surface area contributed by atoms with Crippen LogP contribution in [-0.4, -0.2) is 23.4 Å². The van der Waals surface area contributed by atoms with Crippen molar-refractivity contribution >= 4 is 5.91 Å². The third kappa shape index (κ3) is 4.05. The quantitative estimate of drug-likeness (QED) is 0.755. The second-order valence-electron chi connectivity index (χ2n) is 5.07. The monoisotopic (exact) mass is 265 g/mol. The van der Waals surface area contributed by atoms with Crippen LogP contribution >= 0.6 is 0 Å². The van der Waals surface area contributed by atoms with Crippen LogP contribution in [0.15, 0.2) is 18.2 Å². The largest absolute Gasteiger partial charge is 0.336 e. The normalized spacial score (nSPS) is 12.3. The number of unbranched alkanes of at least 4 members (excludes halogenated alkanes) is 1. The van der Waals surface area contributed by atoms with Gasteiger partial charge in [0.1, 0.15) is 5.82 Å². The molecule has 0 saturated carbocycles. The smallest absolute Gasteiger partial charge is 0.254 e. The zero-order valence-corrected chi connectivity index (χ0v) is 12.4. The average Bonchev–Trinajstić information content (AvgIpc) is 2.41. The molecule has 3 heteroatoms. The zero-order valence-electron chi connectivity index (χ0n) is 12.4. The molecular weight excluding hydrogens is 241 g/mol. The van der Waals surface area contributed by atoms with Crippen molar-refractivity contribution in [2.24, 2.45) is 0 Å². The van der Waals surface area contributed by atoms with Gasteiger partial charge in [0.2, 0.25) is 0 Å². The Morgan fingerprint density at radius 3 is 2.58 bits per heavy atom. The molecule has 0 fully saturated rings. The van der Waals surface area contributed by atoms with E-state index in [9.17, 15) is 9.18 Å². The summed E-state index contributed by atoms with van der Waals surface area (Å²) >= 11 is 0. The van der Waals surface area contributed by atoms with Crippen LogP contribution in [0.3, 0.4) is 0 Å². The predicted molar refractivity (Wildman–Crippen MR) is 76.8 cm³/mol. The molecule has 0 radical (unpaired) electrons. The number of hydrogen-bond donors (Lipinski definition) is 0. The van der Waals surface area contributed by atoms with Crippen molar-refractivity contribution in [3.05, 3.63) is 35.1 Å². The van der Waals surface area contributed by atoms with E-state index in [1.165, 1.54) is 6.07 Å². The van der Waals surface area contributed by atoms with E-state index in [1.54, 1.807) is 19.1 Å². The summed E-state index contributed by atoms with van der Waals surface area (Å²) < 4.78 is 13.3. The van der Waals surface area contributed by atoms with Gasteiger partial charge < -0.3 is 4.90 Å². The van der Waals surface area contributed by atoms with E-state index in [0.29, 0.717) is 11.1 Å². The Kier molecular flexibility index (Phi) is 6.00. The van der Waals surface area contributed by atoms with Crippen molar-refractivity contribution in [3.8, 4) is 0 Å². The summed E-state index contributed by atoms with van der Waals surface area (Å²) in [5, 5.41) is 0. The molecule has 1 aromatic carbocycles. The lowest BCUT2D eigenvalue weighted by Gasteiger charge is -2.28. The van der Waals surface area contributed by atoms with Crippen LogP contribution in [0.25, 0.3) is 0 Å². The zero-order chi connectivity index (χ0) is 14.4. The van der Waals surface area contributed by atoms with Crippen molar-refractivity contribution in [3.63, 3.8) is 0 Å². The van der Waals surface area contributed by atoms with Crippen molar-refractivity contribution in [2.75, 3.05) is 6.54 Å². The van der Waals surface area contributed by atoms with Crippen LogP contribution in [0.1, 0.15) is 56.0 Å².